The van der Waals surface area contributed by atoms with Crippen LogP contribution in [0.1, 0.15) is 24.8 Å². The van der Waals surface area contributed by atoms with Crippen LogP contribution in [0.25, 0.3) is 0 Å². The molecule has 1 aliphatic rings. The third-order valence-corrected chi connectivity index (χ3v) is 3.13. The van der Waals surface area contributed by atoms with Crippen LogP contribution in [-0.2, 0) is 16.1 Å². The van der Waals surface area contributed by atoms with Crippen LogP contribution in [0, 0.1) is 0 Å². The molecule has 1 aromatic carbocycles. The first kappa shape index (κ1) is 13.1. The van der Waals surface area contributed by atoms with E-state index in [1.165, 1.54) is 0 Å². The monoisotopic (exact) mass is 248 g/mol. The van der Waals surface area contributed by atoms with Crippen LogP contribution in [0.2, 0.25) is 0 Å². The molecule has 1 aliphatic heterocycles. The number of nitrogens with one attached hydrogen (secondary N) is 2. The molecule has 0 aliphatic carbocycles. The number of anilines is 1. The SMILES string of the molecule is COCc1cccc(NC(=O)C2CCCCN2)c1. The van der Waals surface area contributed by atoms with E-state index in [2.05, 4.69) is 10.6 Å². The minimum absolute atomic E-state index is 0.0511. The predicted molar refractivity (Wildman–Crippen MR) is 71.4 cm³/mol. The van der Waals surface area contributed by atoms with Gasteiger partial charge in [0.25, 0.3) is 0 Å². The zero-order valence-corrected chi connectivity index (χ0v) is 10.7. The van der Waals surface area contributed by atoms with E-state index in [9.17, 15) is 4.79 Å². The Kier molecular flexibility index (Phi) is 4.73. The molecule has 4 nitrogen and oxygen atoms in total. The number of carbonyl (C=O) groups is 1. The second kappa shape index (κ2) is 6.52. The van der Waals surface area contributed by atoms with Gasteiger partial charge in [-0.2, -0.15) is 0 Å². The van der Waals surface area contributed by atoms with Gasteiger partial charge in [-0.1, -0.05) is 18.6 Å². The fourth-order valence-electron chi connectivity index (χ4n) is 2.21. The molecule has 1 amide bonds. The van der Waals surface area contributed by atoms with E-state index in [4.69, 9.17) is 4.74 Å². The normalized spacial score (nSPS) is 19.5. The molecule has 18 heavy (non-hydrogen) atoms. The van der Waals surface area contributed by atoms with Crippen molar-refractivity contribution in [1.29, 1.82) is 0 Å². The number of piperidine rings is 1. The molecule has 1 atom stereocenters. The number of rotatable bonds is 4. The summed E-state index contributed by atoms with van der Waals surface area (Å²) in [5, 5.41) is 6.20. The van der Waals surface area contributed by atoms with Gasteiger partial charge in [0.1, 0.15) is 0 Å². The zero-order chi connectivity index (χ0) is 12.8. The highest BCUT2D eigenvalue weighted by molar-refractivity contribution is 5.94. The molecule has 2 rings (SSSR count). The third kappa shape index (κ3) is 3.55. The van der Waals surface area contributed by atoms with E-state index in [-0.39, 0.29) is 11.9 Å². The van der Waals surface area contributed by atoms with Crippen LogP contribution in [0.3, 0.4) is 0 Å². The molecule has 1 fully saturated rings. The molecular weight excluding hydrogens is 228 g/mol. The number of hydrogen-bond acceptors (Lipinski definition) is 3. The van der Waals surface area contributed by atoms with E-state index in [0.717, 1.165) is 37.1 Å². The number of hydrogen-bond donors (Lipinski definition) is 2. The van der Waals surface area contributed by atoms with Gasteiger partial charge in [0, 0.05) is 12.8 Å². The predicted octanol–water partition coefficient (Wildman–Crippen LogP) is 1.91. The van der Waals surface area contributed by atoms with Crippen molar-refractivity contribution in [2.24, 2.45) is 0 Å². The topological polar surface area (TPSA) is 50.4 Å². The van der Waals surface area contributed by atoms with Gasteiger partial charge in [-0.15, -0.1) is 0 Å². The molecule has 4 heteroatoms. The quantitative estimate of drug-likeness (QED) is 0.856. The summed E-state index contributed by atoms with van der Waals surface area (Å²) in [6.45, 7) is 1.49. The van der Waals surface area contributed by atoms with Crippen LogP contribution in [0.4, 0.5) is 5.69 Å². The first-order chi connectivity index (χ1) is 8.79. The van der Waals surface area contributed by atoms with Gasteiger partial charge in [-0.25, -0.2) is 0 Å². The second-order valence-corrected chi connectivity index (χ2v) is 4.63. The molecule has 1 heterocycles. The van der Waals surface area contributed by atoms with Gasteiger partial charge in [0.15, 0.2) is 0 Å². The van der Waals surface area contributed by atoms with Gasteiger partial charge in [-0.3, -0.25) is 4.79 Å². The smallest absolute Gasteiger partial charge is 0.241 e. The minimum atomic E-state index is -0.0511. The largest absolute Gasteiger partial charge is 0.380 e. The number of ether oxygens (including phenoxy) is 1. The Balaban J connectivity index is 1.95. The Morgan fingerprint density at radius 1 is 1.50 bits per heavy atom. The summed E-state index contributed by atoms with van der Waals surface area (Å²) in [4.78, 5) is 12.0. The molecule has 0 radical (unpaired) electrons. The van der Waals surface area contributed by atoms with Crippen molar-refractivity contribution >= 4 is 11.6 Å². The van der Waals surface area contributed by atoms with Crippen molar-refractivity contribution in [1.82, 2.24) is 5.32 Å². The standard InChI is InChI=1S/C14H20N2O2/c1-18-10-11-5-4-6-12(9-11)16-14(17)13-7-2-3-8-15-13/h4-6,9,13,15H,2-3,7-8,10H2,1H3,(H,16,17). The summed E-state index contributed by atoms with van der Waals surface area (Å²) in [5.41, 5.74) is 1.90. The first-order valence-corrected chi connectivity index (χ1v) is 6.42. The van der Waals surface area contributed by atoms with E-state index in [1.54, 1.807) is 7.11 Å². The number of carbonyl (C=O) groups excluding carboxylic acids is 1. The van der Waals surface area contributed by atoms with Crippen molar-refractivity contribution in [3.63, 3.8) is 0 Å². The van der Waals surface area contributed by atoms with Crippen molar-refractivity contribution in [2.45, 2.75) is 31.9 Å². The fourth-order valence-corrected chi connectivity index (χ4v) is 2.21. The highest BCUT2D eigenvalue weighted by atomic mass is 16.5. The lowest BCUT2D eigenvalue weighted by atomic mass is 10.0. The van der Waals surface area contributed by atoms with Crippen LogP contribution in [0.5, 0.6) is 0 Å². The van der Waals surface area contributed by atoms with Crippen molar-refractivity contribution in [3.8, 4) is 0 Å². The number of amides is 1. The summed E-state index contributed by atoms with van der Waals surface area (Å²) in [6, 6.07) is 7.71. The first-order valence-electron chi connectivity index (χ1n) is 6.42. The summed E-state index contributed by atoms with van der Waals surface area (Å²) < 4.78 is 5.08. The summed E-state index contributed by atoms with van der Waals surface area (Å²) >= 11 is 0. The highest BCUT2D eigenvalue weighted by Gasteiger charge is 2.20. The second-order valence-electron chi connectivity index (χ2n) is 4.63. The molecule has 98 valence electrons. The van der Waals surface area contributed by atoms with Gasteiger partial charge >= 0.3 is 0 Å². The molecule has 1 aromatic rings. The average Bonchev–Trinajstić information content (AvgIpc) is 2.40. The molecule has 0 bridgehead atoms. The summed E-state index contributed by atoms with van der Waals surface area (Å²) in [5.74, 6) is 0.0595. The van der Waals surface area contributed by atoms with Gasteiger partial charge in [-0.05, 0) is 37.1 Å². The lowest BCUT2D eigenvalue weighted by Gasteiger charge is -2.22. The Labute approximate surface area is 108 Å². The highest BCUT2D eigenvalue weighted by Crippen LogP contribution is 2.14. The maximum absolute atomic E-state index is 12.0. The maximum atomic E-state index is 12.0. The molecule has 1 saturated heterocycles. The Morgan fingerprint density at radius 2 is 2.39 bits per heavy atom. The van der Waals surface area contributed by atoms with Crippen molar-refractivity contribution in [3.05, 3.63) is 29.8 Å². The number of benzene rings is 1. The minimum Gasteiger partial charge on any atom is -0.380 e. The van der Waals surface area contributed by atoms with Crippen molar-refractivity contribution < 1.29 is 9.53 Å². The third-order valence-electron chi connectivity index (χ3n) is 3.13. The summed E-state index contributed by atoms with van der Waals surface area (Å²) in [6.07, 6.45) is 3.20. The Bertz CT molecular complexity index is 401. The summed E-state index contributed by atoms with van der Waals surface area (Å²) in [7, 11) is 1.66. The van der Waals surface area contributed by atoms with Gasteiger partial charge in [0.05, 0.1) is 12.6 Å². The molecule has 0 aromatic heterocycles. The van der Waals surface area contributed by atoms with E-state index < -0.39 is 0 Å². The molecule has 0 spiro atoms. The lowest BCUT2D eigenvalue weighted by molar-refractivity contribution is -0.118. The van der Waals surface area contributed by atoms with E-state index >= 15 is 0 Å². The Hall–Kier alpha value is -1.39. The van der Waals surface area contributed by atoms with E-state index in [0.29, 0.717) is 6.61 Å². The van der Waals surface area contributed by atoms with Gasteiger partial charge in [0.2, 0.25) is 5.91 Å². The lowest BCUT2D eigenvalue weighted by Crippen LogP contribution is -2.43. The van der Waals surface area contributed by atoms with Crippen LogP contribution in [-0.4, -0.2) is 25.6 Å². The molecule has 0 saturated carbocycles. The van der Waals surface area contributed by atoms with Crippen molar-refractivity contribution in [2.75, 3.05) is 19.0 Å². The molecule has 2 N–H and O–H groups in total. The van der Waals surface area contributed by atoms with Crippen LogP contribution < -0.4 is 10.6 Å². The Morgan fingerprint density at radius 3 is 3.11 bits per heavy atom. The average molecular weight is 248 g/mol. The fraction of sp³-hybridized carbons (Fsp3) is 0.500. The number of methoxy groups -OCH3 is 1. The van der Waals surface area contributed by atoms with Gasteiger partial charge < -0.3 is 15.4 Å². The molecule has 1 unspecified atom stereocenters. The molecular formula is C14H20N2O2. The van der Waals surface area contributed by atoms with Crippen LogP contribution in [0.15, 0.2) is 24.3 Å². The van der Waals surface area contributed by atoms with E-state index in [1.807, 2.05) is 24.3 Å². The van der Waals surface area contributed by atoms with Crippen LogP contribution >= 0.6 is 0 Å². The zero-order valence-electron chi connectivity index (χ0n) is 10.7. The maximum Gasteiger partial charge on any atom is 0.241 e.